The number of rotatable bonds is 4. The molecule has 48 heavy (non-hydrogen) atoms. The van der Waals surface area contributed by atoms with Crippen LogP contribution in [0.15, 0.2) is 6.07 Å². The number of hydrogen-bond donors (Lipinski definition) is 1. The lowest BCUT2D eigenvalue weighted by molar-refractivity contribution is -0.156. The number of fused-ring (bicyclic) bond motifs is 9. The van der Waals surface area contributed by atoms with Gasteiger partial charge in [-0.15, -0.1) is 11.8 Å². The average Bonchev–Trinajstić information content (AvgIpc) is 3.50. The minimum absolute atomic E-state index is 0.0110. The summed E-state index contributed by atoms with van der Waals surface area (Å²) in [7, 11) is -0.655. The lowest BCUT2D eigenvalue weighted by atomic mass is 9.71. The molecule has 5 aliphatic rings. The van der Waals surface area contributed by atoms with Gasteiger partial charge < -0.3 is 28.8 Å². The van der Waals surface area contributed by atoms with Gasteiger partial charge in [-0.25, -0.2) is 4.79 Å². The van der Waals surface area contributed by atoms with Crippen LogP contribution < -0.4 is 18.9 Å². The van der Waals surface area contributed by atoms with E-state index in [9.17, 15) is 28.4 Å². The van der Waals surface area contributed by atoms with E-state index in [1.807, 2.05) is 24.9 Å². The predicted molar refractivity (Wildman–Crippen MR) is 170 cm³/mol. The van der Waals surface area contributed by atoms with E-state index in [0.717, 1.165) is 17.4 Å². The van der Waals surface area contributed by atoms with E-state index in [2.05, 4.69) is 11.0 Å². The number of ether oxygens (including phenoxy) is 5. The van der Waals surface area contributed by atoms with Crippen LogP contribution in [0.25, 0.3) is 0 Å². The maximum absolute atomic E-state index is 13.4. The fourth-order valence-electron chi connectivity index (χ4n) is 8.23. The third-order valence-electron chi connectivity index (χ3n) is 9.91. The summed E-state index contributed by atoms with van der Waals surface area (Å²) >= 11 is 1.22. The van der Waals surface area contributed by atoms with Crippen molar-refractivity contribution in [2.24, 2.45) is 0 Å². The highest BCUT2D eigenvalue weighted by atomic mass is 32.2. The normalized spacial score (nSPS) is 29.2. The number of phenolic OH excluding ortho intramolecular Hbond substituents is 1. The Balaban J connectivity index is 1.54. The smallest absolute Gasteiger partial charge is 0.337 e. The SMILES string of the molecule is COc1c(C)cc2c(c1O)[C@@H]1C3[C@@H]4SC[C@H](OS(C)(=O)=O)C(=O)OC[C@@H](c5c6c(c(C)c(OC(C)=O)c54)OCO6)N3[C@@H](C#N)[C@H](C2)N1C. The van der Waals surface area contributed by atoms with Gasteiger partial charge in [0.2, 0.25) is 6.79 Å². The predicted octanol–water partition coefficient (Wildman–Crippen LogP) is 2.58. The number of nitrogens with zero attached hydrogens (tertiary/aromatic N) is 3. The minimum atomic E-state index is -4.06. The number of nitriles is 1. The standard InChI is InChI=1S/C32H35N3O11S2/c1-13-7-16-8-17-18(9-33)35-19-10-42-32(38)20(46-48(6,39)40)11-47-31(25(35)24(34(17)4)21(16)26(37)27(13)41-5)23-22(19)30-29(43-12-44-30)14(2)28(23)45-15(3)36/h7,17-20,24-25,31,37H,8,10-12H2,1-6H3/t17-,18-,19-,20-,24+,25?,31+/m0/s1. The molecule has 1 unspecified atom stereocenters. The van der Waals surface area contributed by atoms with Gasteiger partial charge in [-0.2, -0.15) is 13.7 Å². The van der Waals surface area contributed by atoms with E-state index >= 15 is 0 Å². The summed E-state index contributed by atoms with van der Waals surface area (Å²) in [6.07, 6.45) is -0.154. The number of cyclic esters (lactones) is 1. The molecule has 7 atom stereocenters. The monoisotopic (exact) mass is 701 g/mol. The number of carbonyl (C=O) groups excluding carboxylic acids is 2. The third kappa shape index (κ3) is 4.89. The Morgan fingerprint density at radius 3 is 2.54 bits per heavy atom. The highest BCUT2D eigenvalue weighted by Gasteiger charge is 2.60. The number of thioether (sulfide) groups is 1. The van der Waals surface area contributed by atoms with Crippen molar-refractivity contribution in [2.45, 2.75) is 68.8 Å². The van der Waals surface area contributed by atoms with Crippen LogP contribution in [0.5, 0.6) is 28.7 Å². The van der Waals surface area contributed by atoms with Crippen LogP contribution in [-0.2, 0) is 35.0 Å². The molecule has 0 amide bonds. The van der Waals surface area contributed by atoms with Crippen LogP contribution in [0.1, 0.15) is 57.6 Å². The number of aromatic hydroxyl groups is 1. The number of hydrogen-bond acceptors (Lipinski definition) is 15. The lowest BCUT2D eigenvalue weighted by Gasteiger charge is -2.61. The minimum Gasteiger partial charge on any atom is -0.504 e. The first-order chi connectivity index (χ1) is 22.8. The van der Waals surface area contributed by atoms with E-state index in [-0.39, 0.29) is 36.7 Å². The Morgan fingerprint density at radius 1 is 1.15 bits per heavy atom. The summed E-state index contributed by atoms with van der Waals surface area (Å²) < 4.78 is 59.0. The zero-order valence-electron chi connectivity index (χ0n) is 27.1. The first-order valence-corrected chi connectivity index (χ1v) is 18.2. The highest BCUT2D eigenvalue weighted by Crippen LogP contribution is 2.64. The van der Waals surface area contributed by atoms with Crippen molar-refractivity contribution < 1.29 is 51.0 Å². The molecule has 1 N–H and O–H groups in total. The summed E-state index contributed by atoms with van der Waals surface area (Å²) in [4.78, 5) is 30.1. The number of benzene rings is 2. The van der Waals surface area contributed by atoms with E-state index in [4.69, 9.17) is 27.9 Å². The molecule has 7 rings (SSSR count). The number of aryl methyl sites for hydroxylation is 1. The molecule has 0 aromatic heterocycles. The summed E-state index contributed by atoms with van der Waals surface area (Å²) in [6, 6.07) is 1.49. The van der Waals surface area contributed by atoms with Crippen LogP contribution in [-0.4, -0.2) is 99.1 Å². The molecule has 0 spiro atoms. The van der Waals surface area contributed by atoms with Gasteiger partial charge in [0.25, 0.3) is 10.1 Å². The van der Waals surface area contributed by atoms with Crippen molar-refractivity contribution in [1.29, 1.82) is 5.26 Å². The Hall–Kier alpha value is -3.75. The van der Waals surface area contributed by atoms with Crippen molar-refractivity contribution in [2.75, 3.05) is 39.6 Å². The Kier molecular flexibility index (Phi) is 7.99. The Morgan fingerprint density at radius 2 is 1.88 bits per heavy atom. The van der Waals surface area contributed by atoms with Gasteiger partial charge in [-0.3, -0.25) is 18.8 Å². The molecule has 0 aliphatic carbocycles. The molecule has 0 radical (unpaired) electrons. The van der Waals surface area contributed by atoms with Gasteiger partial charge >= 0.3 is 11.9 Å². The summed E-state index contributed by atoms with van der Waals surface area (Å²) in [5.74, 6) is -0.256. The van der Waals surface area contributed by atoms with Crippen molar-refractivity contribution >= 4 is 33.8 Å². The first kappa shape index (κ1) is 32.8. The van der Waals surface area contributed by atoms with Gasteiger partial charge in [-0.1, -0.05) is 6.07 Å². The number of carbonyl (C=O) groups is 2. The Bertz CT molecular complexity index is 1890. The zero-order valence-corrected chi connectivity index (χ0v) is 28.8. The molecular formula is C32H35N3O11S2. The molecular weight excluding hydrogens is 666 g/mol. The largest absolute Gasteiger partial charge is 0.504 e. The maximum Gasteiger partial charge on any atom is 0.337 e. The second-order valence-corrected chi connectivity index (χ2v) is 15.4. The second-order valence-electron chi connectivity index (χ2n) is 12.7. The molecule has 4 bridgehead atoms. The van der Waals surface area contributed by atoms with Gasteiger partial charge in [-0.05, 0) is 38.4 Å². The third-order valence-corrected chi connectivity index (χ3v) is 11.9. The average molecular weight is 702 g/mol. The van der Waals surface area contributed by atoms with Crippen molar-refractivity contribution in [1.82, 2.24) is 9.80 Å². The Labute approximate surface area is 281 Å². The molecule has 0 saturated carbocycles. The van der Waals surface area contributed by atoms with Crippen molar-refractivity contribution in [3.63, 3.8) is 0 Å². The first-order valence-electron chi connectivity index (χ1n) is 15.4. The number of esters is 2. The fourth-order valence-corrected chi connectivity index (χ4v) is 10.4. The molecule has 5 aliphatic heterocycles. The van der Waals surface area contributed by atoms with Gasteiger partial charge in [0.05, 0.1) is 36.8 Å². The molecule has 14 nitrogen and oxygen atoms in total. The fraction of sp³-hybridized carbons (Fsp3) is 0.531. The summed E-state index contributed by atoms with van der Waals surface area (Å²) in [5, 5.41) is 22.0. The lowest BCUT2D eigenvalue weighted by Crippen LogP contribution is -2.69. The molecule has 2 aromatic carbocycles. The molecule has 2 fully saturated rings. The van der Waals surface area contributed by atoms with Gasteiger partial charge in [0.15, 0.2) is 29.1 Å². The zero-order chi connectivity index (χ0) is 34.4. The molecule has 2 aromatic rings. The van der Waals surface area contributed by atoms with Crippen molar-refractivity contribution in [3.8, 4) is 34.8 Å². The molecule has 2 saturated heterocycles. The van der Waals surface area contributed by atoms with Crippen molar-refractivity contribution in [3.05, 3.63) is 39.4 Å². The quantitative estimate of drug-likeness (QED) is 0.280. The van der Waals surface area contributed by atoms with E-state index in [0.29, 0.717) is 45.9 Å². The van der Waals surface area contributed by atoms with Crippen LogP contribution in [0.2, 0.25) is 0 Å². The molecule has 16 heteroatoms. The molecule has 256 valence electrons. The van der Waals surface area contributed by atoms with E-state index in [1.165, 1.54) is 25.8 Å². The summed E-state index contributed by atoms with van der Waals surface area (Å²) in [6.45, 7) is 4.50. The maximum atomic E-state index is 13.4. The van der Waals surface area contributed by atoms with E-state index < -0.39 is 57.6 Å². The number of likely N-dealkylation sites (N-methyl/N-ethyl adjacent to an activating group) is 1. The van der Waals surface area contributed by atoms with Crippen LogP contribution in [0, 0.1) is 25.2 Å². The van der Waals surface area contributed by atoms with E-state index in [1.54, 1.807) is 6.92 Å². The van der Waals surface area contributed by atoms with Gasteiger partial charge in [0.1, 0.15) is 18.4 Å². The number of piperazine rings is 1. The van der Waals surface area contributed by atoms with Crippen LogP contribution in [0.4, 0.5) is 0 Å². The molecule has 5 heterocycles. The number of methoxy groups -OCH3 is 1. The van der Waals surface area contributed by atoms with Gasteiger partial charge in [0, 0.05) is 47.0 Å². The van der Waals surface area contributed by atoms with Crippen LogP contribution >= 0.6 is 11.8 Å². The number of phenols is 1. The van der Waals surface area contributed by atoms with Crippen LogP contribution in [0.3, 0.4) is 0 Å². The highest BCUT2D eigenvalue weighted by molar-refractivity contribution is 7.99. The topological polar surface area (TPSA) is 174 Å². The second kappa shape index (κ2) is 11.7. The summed E-state index contributed by atoms with van der Waals surface area (Å²) in [5.41, 5.74) is 3.93.